The summed E-state index contributed by atoms with van der Waals surface area (Å²) in [4.78, 5) is 36.5. The summed E-state index contributed by atoms with van der Waals surface area (Å²) in [5, 5.41) is 3.54. The number of nitrogens with one attached hydrogen (secondary N) is 1. The van der Waals surface area contributed by atoms with Gasteiger partial charge in [0.25, 0.3) is 11.8 Å². The number of para-hydroxylation sites is 2. The quantitative estimate of drug-likeness (QED) is 0.0669. The number of amides is 2. The second-order valence-corrected chi connectivity index (χ2v) is 17.8. The average Bonchev–Trinajstić information content (AvgIpc) is 3.84. The van der Waals surface area contributed by atoms with E-state index in [1.54, 1.807) is 19.2 Å². The highest BCUT2D eigenvalue weighted by atomic mass is 16.6. The molecule has 0 saturated carbocycles. The molecule has 0 radical (unpaired) electrons. The van der Waals surface area contributed by atoms with Crippen LogP contribution in [0.2, 0.25) is 0 Å². The number of ether oxygens (including phenoxy) is 8. The molecule has 1 N–H and O–H groups in total. The van der Waals surface area contributed by atoms with Gasteiger partial charge in [0.15, 0.2) is 11.5 Å². The third-order valence-electron chi connectivity index (χ3n) is 12.4. The second kappa shape index (κ2) is 21.7. The number of benzene rings is 5. The minimum Gasteiger partial charge on any atom is -0.493 e. The zero-order chi connectivity index (χ0) is 47.0. The molecule has 5 aromatic rings. The molecule has 68 heavy (non-hydrogen) atoms. The molecular weight excluding hydrogens is 865 g/mol. The average molecular weight is 925 g/mol. The van der Waals surface area contributed by atoms with Crippen LogP contribution in [0.25, 0.3) is 0 Å². The Bertz CT molecular complexity index is 2630. The van der Waals surface area contributed by atoms with Crippen molar-refractivity contribution in [3.05, 3.63) is 130 Å². The first-order valence-corrected chi connectivity index (χ1v) is 23.5. The van der Waals surface area contributed by atoms with E-state index in [0.717, 1.165) is 52.3 Å². The Balaban J connectivity index is 0.860. The topological polar surface area (TPSA) is 139 Å². The number of aryl methyl sites for hydroxylation is 1. The Morgan fingerprint density at radius 3 is 1.96 bits per heavy atom. The molecule has 0 aromatic heterocycles. The molecule has 9 rings (SSSR count). The molecule has 14 nitrogen and oxygen atoms in total. The number of nitrogens with zero attached hydrogens (tertiary/aromatic N) is 3. The first kappa shape index (κ1) is 46.7. The highest BCUT2D eigenvalue weighted by Crippen LogP contribution is 2.42. The second-order valence-electron chi connectivity index (χ2n) is 17.8. The normalized spacial score (nSPS) is 16.5. The van der Waals surface area contributed by atoms with Gasteiger partial charge in [-0.25, -0.2) is 0 Å². The van der Waals surface area contributed by atoms with E-state index in [2.05, 4.69) is 31.3 Å². The summed E-state index contributed by atoms with van der Waals surface area (Å²) >= 11 is 0. The molecule has 0 aliphatic carbocycles. The molecule has 0 saturated heterocycles. The van der Waals surface area contributed by atoms with Crippen molar-refractivity contribution in [2.75, 3.05) is 88.2 Å². The molecule has 0 bridgehead atoms. The summed E-state index contributed by atoms with van der Waals surface area (Å²) in [5.74, 6) is 2.52. The van der Waals surface area contributed by atoms with Crippen LogP contribution in [0.5, 0.6) is 23.0 Å². The Morgan fingerprint density at radius 1 is 0.647 bits per heavy atom. The molecule has 2 amide bonds. The van der Waals surface area contributed by atoms with E-state index in [9.17, 15) is 9.59 Å². The Kier molecular flexibility index (Phi) is 14.9. The van der Waals surface area contributed by atoms with Crippen LogP contribution in [0, 0.1) is 12.8 Å². The van der Waals surface area contributed by atoms with E-state index in [1.165, 1.54) is 5.56 Å². The minimum absolute atomic E-state index is 0.0139. The summed E-state index contributed by atoms with van der Waals surface area (Å²) < 4.78 is 47.5. The van der Waals surface area contributed by atoms with E-state index in [1.807, 2.05) is 89.7 Å². The van der Waals surface area contributed by atoms with Gasteiger partial charge in [0.05, 0.1) is 87.9 Å². The van der Waals surface area contributed by atoms with Gasteiger partial charge < -0.3 is 48.1 Å². The summed E-state index contributed by atoms with van der Waals surface area (Å²) in [6.07, 6.45) is 3.35. The van der Waals surface area contributed by atoms with Crippen LogP contribution in [0.3, 0.4) is 0 Å². The van der Waals surface area contributed by atoms with E-state index < -0.39 is 0 Å². The van der Waals surface area contributed by atoms with Gasteiger partial charge in [-0.2, -0.15) is 0 Å². The zero-order valence-corrected chi connectivity index (χ0v) is 39.3. The van der Waals surface area contributed by atoms with Gasteiger partial charge in [-0.05, 0) is 89.5 Å². The van der Waals surface area contributed by atoms with Crippen molar-refractivity contribution in [1.82, 2.24) is 0 Å². The lowest BCUT2D eigenvalue weighted by molar-refractivity contribution is -0.00702. The van der Waals surface area contributed by atoms with Gasteiger partial charge in [0.2, 0.25) is 0 Å². The monoisotopic (exact) mass is 924 g/mol. The smallest absolute Gasteiger partial charge is 0.261 e. The van der Waals surface area contributed by atoms with Crippen LogP contribution in [0.15, 0.2) is 96.0 Å². The number of fused-ring (bicyclic) bond motifs is 8. The van der Waals surface area contributed by atoms with Gasteiger partial charge in [-0.15, -0.1) is 0 Å². The summed E-state index contributed by atoms with van der Waals surface area (Å²) in [7, 11) is 1.56. The van der Waals surface area contributed by atoms with E-state index >= 15 is 0 Å². The number of hydrogen-bond donors (Lipinski definition) is 1. The van der Waals surface area contributed by atoms with Crippen LogP contribution in [0.4, 0.5) is 22.7 Å². The Labute approximate surface area is 398 Å². The Morgan fingerprint density at radius 2 is 1.26 bits per heavy atom. The van der Waals surface area contributed by atoms with E-state index in [4.69, 9.17) is 42.9 Å². The predicted molar refractivity (Wildman–Crippen MR) is 261 cm³/mol. The molecule has 14 heteroatoms. The van der Waals surface area contributed by atoms with Crippen molar-refractivity contribution >= 4 is 40.8 Å². The van der Waals surface area contributed by atoms with Crippen LogP contribution >= 0.6 is 0 Å². The van der Waals surface area contributed by atoms with Gasteiger partial charge in [0.1, 0.15) is 31.3 Å². The highest BCUT2D eigenvalue weighted by Gasteiger charge is 2.38. The van der Waals surface area contributed by atoms with Crippen molar-refractivity contribution in [2.45, 2.75) is 58.9 Å². The fraction of sp³-hybridized carbons (Fsp3) is 0.389. The van der Waals surface area contributed by atoms with Crippen molar-refractivity contribution in [3.8, 4) is 23.0 Å². The van der Waals surface area contributed by atoms with Crippen LogP contribution in [-0.2, 0) is 45.0 Å². The van der Waals surface area contributed by atoms with E-state index in [0.29, 0.717) is 112 Å². The zero-order valence-electron chi connectivity index (χ0n) is 39.3. The third-order valence-corrected chi connectivity index (χ3v) is 12.4. The standard InChI is InChI=1S/C54H60N4O10/c1-35(2)32-65-18-17-63-14-13-62-15-16-64-19-20-66-43-23-37(33-67-50-28-46-44(21-36(50)3)53(59)57-41(30-55-46)25-39-9-5-7-11-48(39)57)22-38(24-43)34-68-52-29-47-45(27-51(52)61-4)54(60)58-42(31-56-47)26-40-10-6-8-12-49(40)58/h5-12,21-24,27-29,31,35,41-42,55H,13-20,25-26,30,32-34H2,1-4H3/t41-,42-/m0/s1. The maximum absolute atomic E-state index is 14.0. The molecule has 0 spiro atoms. The maximum atomic E-state index is 14.0. The molecule has 5 aromatic carbocycles. The first-order valence-electron chi connectivity index (χ1n) is 23.5. The van der Waals surface area contributed by atoms with Crippen LogP contribution in [-0.4, -0.2) is 103 Å². The first-order chi connectivity index (χ1) is 33.2. The SMILES string of the molecule is COc1cc2c(cc1OCc1cc(COc3cc4c(cc3C)C(=O)N3c5ccccc5C[C@H]3CN4)cc(OCCOCCOCCOCCOCC(C)C)c1)N=C[C@@H]1Cc3ccccc3N1C2=O. The number of aliphatic imine (C=N–C) groups is 1. The van der Waals surface area contributed by atoms with Crippen LogP contribution in [0.1, 0.15) is 62.4 Å². The fourth-order valence-corrected chi connectivity index (χ4v) is 9.11. The van der Waals surface area contributed by atoms with E-state index in [-0.39, 0.29) is 37.1 Å². The largest absolute Gasteiger partial charge is 0.493 e. The number of hydrogen-bond acceptors (Lipinski definition) is 12. The third kappa shape index (κ3) is 10.6. The summed E-state index contributed by atoms with van der Waals surface area (Å²) in [6, 6.07) is 29.2. The number of rotatable bonds is 22. The van der Waals surface area contributed by atoms with Gasteiger partial charge in [0, 0.05) is 49.3 Å². The maximum Gasteiger partial charge on any atom is 0.261 e. The molecule has 2 atom stereocenters. The van der Waals surface area contributed by atoms with Gasteiger partial charge in [-0.3, -0.25) is 19.5 Å². The Hall–Kier alpha value is -6.45. The molecule has 0 unspecified atom stereocenters. The van der Waals surface area contributed by atoms with Gasteiger partial charge >= 0.3 is 0 Å². The molecular formula is C54H60N4O10. The number of carbonyl (C=O) groups is 2. The lowest BCUT2D eigenvalue weighted by Crippen LogP contribution is -2.39. The van der Waals surface area contributed by atoms with Crippen molar-refractivity contribution in [1.29, 1.82) is 0 Å². The van der Waals surface area contributed by atoms with Crippen molar-refractivity contribution < 1.29 is 47.5 Å². The number of carbonyl (C=O) groups excluding carboxylic acids is 2. The lowest BCUT2D eigenvalue weighted by Gasteiger charge is -2.22. The minimum atomic E-state index is -0.177. The molecule has 4 aliphatic rings. The summed E-state index contributed by atoms with van der Waals surface area (Å²) in [6.45, 7) is 11.6. The summed E-state index contributed by atoms with van der Waals surface area (Å²) in [5.41, 5.74) is 9.04. The lowest BCUT2D eigenvalue weighted by atomic mass is 10.1. The predicted octanol–water partition coefficient (Wildman–Crippen LogP) is 8.55. The molecule has 0 fully saturated rings. The van der Waals surface area contributed by atoms with Gasteiger partial charge in [-0.1, -0.05) is 50.2 Å². The van der Waals surface area contributed by atoms with Crippen molar-refractivity contribution in [2.24, 2.45) is 10.9 Å². The van der Waals surface area contributed by atoms with Crippen LogP contribution < -0.4 is 34.1 Å². The van der Waals surface area contributed by atoms with Crippen molar-refractivity contribution in [3.63, 3.8) is 0 Å². The molecule has 4 aliphatic heterocycles. The highest BCUT2D eigenvalue weighted by molar-refractivity contribution is 6.15. The fourth-order valence-electron chi connectivity index (χ4n) is 9.11. The molecule has 356 valence electrons. The molecule has 4 heterocycles. The number of anilines is 3. The number of methoxy groups -OCH3 is 1.